The van der Waals surface area contributed by atoms with Gasteiger partial charge in [0.15, 0.2) is 5.69 Å². The van der Waals surface area contributed by atoms with E-state index in [0.29, 0.717) is 11.6 Å². The van der Waals surface area contributed by atoms with E-state index in [9.17, 15) is 9.59 Å². The standard InChI is InChI=1S/C13H19N3O3S/c1-13(4-2-3-5-13)8-15-12(19)14-6-10-16-9(7-20-10)11(17)18/h7H,2-6,8H2,1H3,(H,17,18)(H2,14,15,19). The number of aromatic carboxylic acids is 1. The first-order valence-corrected chi connectivity index (χ1v) is 7.56. The number of carboxylic acid groups (broad SMARTS) is 1. The molecule has 0 bridgehead atoms. The highest BCUT2D eigenvalue weighted by Gasteiger charge is 2.28. The van der Waals surface area contributed by atoms with Crippen molar-refractivity contribution in [3.05, 3.63) is 16.1 Å². The van der Waals surface area contributed by atoms with Gasteiger partial charge in [0.1, 0.15) is 5.01 Å². The van der Waals surface area contributed by atoms with Crippen LogP contribution in [0, 0.1) is 5.41 Å². The lowest BCUT2D eigenvalue weighted by Crippen LogP contribution is -2.40. The summed E-state index contributed by atoms with van der Waals surface area (Å²) in [5.41, 5.74) is 0.236. The summed E-state index contributed by atoms with van der Waals surface area (Å²) in [4.78, 5) is 26.3. The summed E-state index contributed by atoms with van der Waals surface area (Å²) in [6.07, 6.45) is 4.78. The number of aromatic nitrogens is 1. The molecule has 0 radical (unpaired) electrons. The first-order chi connectivity index (χ1) is 9.48. The molecule has 3 N–H and O–H groups in total. The summed E-state index contributed by atoms with van der Waals surface area (Å²) < 4.78 is 0. The van der Waals surface area contributed by atoms with Crippen molar-refractivity contribution in [3.8, 4) is 0 Å². The van der Waals surface area contributed by atoms with E-state index in [-0.39, 0.29) is 23.7 Å². The van der Waals surface area contributed by atoms with Gasteiger partial charge in [0.05, 0.1) is 6.54 Å². The highest BCUT2D eigenvalue weighted by atomic mass is 32.1. The van der Waals surface area contributed by atoms with E-state index in [4.69, 9.17) is 5.11 Å². The van der Waals surface area contributed by atoms with Gasteiger partial charge >= 0.3 is 12.0 Å². The topological polar surface area (TPSA) is 91.3 Å². The quantitative estimate of drug-likeness (QED) is 0.777. The Morgan fingerprint density at radius 1 is 1.40 bits per heavy atom. The van der Waals surface area contributed by atoms with Crippen LogP contribution in [-0.2, 0) is 6.54 Å². The molecule has 0 aromatic carbocycles. The van der Waals surface area contributed by atoms with Crippen LogP contribution in [-0.4, -0.2) is 28.6 Å². The van der Waals surface area contributed by atoms with Crippen molar-refractivity contribution in [1.82, 2.24) is 15.6 Å². The smallest absolute Gasteiger partial charge is 0.355 e. The number of nitrogens with one attached hydrogen (secondary N) is 2. The van der Waals surface area contributed by atoms with E-state index < -0.39 is 5.97 Å². The first-order valence-electron chi connectivity index (χ1n) is 6.68. The molecule has 0 spiro atoms. The number of nitrogens with zero attached hydrogens (tertiary/aromatic N) is 1. The van der Waals surface area contributed by atoms with Gasteiger partial charge in [-0.15, -0.1) is 11.3 Å². The van der Waals surface area contributed by atoms with Crippen LogP contribution in [0.3, 0.4) is 0 Å². The Hall–Kier alpha value is -1.63. The number of urea groups is 1. The van der Waals surface area contributed by atoms with Crippen LogP contribution in [0.25, 0.3) is 0 Å². The van der Waals surface area contributed by atoms with E-state index in [2.05, 4.69) is 22.5 Å². The number of carbonyl (C=O) groups is 2. The van der Waals surface area contributed by atoms with Gasteiger partial charge in [0, 0.05) is 11.9 Å². The molecule has 1 heterocycles. The molecule has 20 heavy (non-hydrogen) atoms. The van der Waals surface area contributed by atoms with E-state index in [0.717, 1.165) is 12.8 Å². The summed E-state index contributed by atoms with van der Waals surface area (Å²) in [6, 6.07) is -0.231. The van der Waals surface area contributed by atoms with Gasteiger partial charge in [-0.3, -0.25) is 0 Å². The Morgan fingerprint density at radius 3 is 2.70 bits per heavy atom. The summed E-state index contributed by atoms with van der Waals surface area (Å²) >= 11 is 1.23. The third-order valence-electron chi connectivity index (χ3n) is 3.66. The predicted octanol–water partition coefficient (Wildman–Crippen LogP) is 2.22. The third-order valence-corrected chi connectivity index (χ3v) is 4.51. The van der Waals surface area contributed by atoms with Crippen LogP contribution >= 0.6 is 11.3 Å². The Bertz CT molecular complexity index is 495. The molecule has 6 nitrogen and oxygen atoms in total. The zero-order chi connectivity index (χ0) is 14.6. The minimum Gasteiger partial charge on any atom is -0.476 e. The second kappa shape index (κ2) is 6.21. The fraction of sp³-hybridized carbons (Fsp3) is 0.615. The fourth-order valence-electron chi connectivity index (χ4n) is 2.41. The van der Waals surface area contributed by atoms with Gasteiger partial charge in [-0.2, -0.15) is 0 Å². The average molecular weight is 297 g/mol. The second-order valence-electron chi connectivity index (χ2n) is 5.49. The zero-order valence-corrected chi connectivity index (χ0v) is 12.3. The van der Waals surface area contributed by atoms with E-state index in [1.807, 2.05) is 0 Å². The monoisotopic (exact) mass is 297 g/mol. The SMILES string of the molecule is CC1(CNC(=O)NCc2nc(C(=O)O)cs2)CCCC1. The number of carbonyl (C=O) groups excluding carboxylic acids is 1. The van der Waals surface area contributed by atoms with Gasteiger partial charge in [-0.25, -0.2) is 14.6 Å². The molecule has 0 unspecified atom stereocenters. The molecule has 0 saturated heterocycles. The van der Waals surface area contributed by atoms with Gasteiger partial charge in [-0.1, -0.05) is 19.8 Å². The molecule has 110 valence electrons. The van der Waals surface area contributed by atoms with Crippen molar-refractivity contribution in [2.45, 2.75) is 39.2 Å². The van der Waals surface area contributed by atoms with Crippen molar-refractivity contribution in [2.24, 2.45) is 5.41 Å². The van der Waals surface area contributed by atoms with Crippen LogP contribution in [0.2, 0.25) is 0 Å². The predicted molar refractivity (Wildman–Crippen MR) is 75.9 cm³/mol. The summed E-state index contributed by atoms with van der Waals surface area (Å²) in [5, 5.41) is 16.4. The Balaban J connectivity index is 1.73. The number of amides is 2. The van der Waals surface area contributed by atoms with E-state index in [1.165, 1.54) is 29.6 Å². The van der Waals surface area contributed by atoms with Gasteiger partial charge < -0.3 is 15.7 Å². The first kappa shape index (κ1) is 14.8. The molecule has 1 aliphatic rings. The molecule has 7 heteroatoms. The highest BCUT2D eigenvalue weighted by Crippen LogP contribution is 2.36. The third kappa shape index (κ3) is 3.93. The van der Waals surface area contributed by atoms with Crippen LogP contribution < -0.4 is 10.6 Å². The Kier molecular flexibility index (Phi) is 4.59. The molecule has 1 fully saturated rings. The summed E-state index contributed by atoms with van der Waals surface area (Å²) in [5.74, 6) is -1.05. The number of thiazole rings is 1. The lowest BCUT2D eigenvalue weighted by Gasteiger charge is -2.23. The molecule has 1 aromatic rings. The van der Waals surface area contributed by atoms with Crippen molar-refractivity contribution in [1.29, 1.82) is 0 Å². The summed E-state index contributed by atoms with van der Waals surface area (Å²) in [6.45, 7) is 3.12. The number of rotatable bonds is 5. The Labute approximate surface area is 121 Å². The van der Waals surface area contributed by atoms with Crippen LogP contribution in [0.5, 0.6) is 0 Å². The van der Waals surface area contributed by atoms with Crippen molar-refractivity contribution in [2.75, 3.05) is 6.54 Å². The summed E-state index contributed by atoms with van der Waals surface area (Å²) in [7, 11) is 0. The van der Waals surface area contributed by atoms with Gasteiger partial charge in [-0.05, 0) is 18.3 Å². The number of carboxylic acids is 1. The van der Waals surface area contributed by atoms with Crippen LogP contribution in [0.15, 0.2) is 5.38 Å². The average Bonchev–Trinajstić information content (AvgIpc) is 3.03. The molecule has 2 amide bonds. The van der Waals surface area contributed by atoms with Crippen LogP contribution in [0.1, 0.15) is 48.1 Å². The van der Waals surface area contributed by atoms with Crippen molar-refractivity contribution < 1.29 is 14.7 Å². The lowest BCUT2D eigenvalue weighted by atomic mass is 9.89. The van der Waals surface area contributed by atoms with E-state index in [1.54, 1.807) is 0 Å². The van der Waals surface area contributed by atoms with Gasteiger partial charge in [0.2, 0.25) is 0 Å². The maximum Gasteiger partial charge on any atom is 0.355 e. The van der Waals surface area contributed by atoms with Crippen molar-refractivity contribution >= 4 is 23.3 Å². The maximum absolute atomic E-state index is 11.7. The molecule has 2 rings (SSSR count). The highest BCUT2D eigenvalue weighted by molar-refractivity contribution is 7.09. The van der Waals surface area contributed by atoms with Crippen molar-refractivity contribution in [3.63, 3.8) is 0 Å². The number of hydrogen-bond acceptors (Lipinski definition) is 4. The minimum atomic E-state index is -1.05. The molecule has 1 aliphatic carbocycles. The molecular formula is C13H19N3O3S. The largest absolute Gasteiger partial charge is 0.476 e. The van der Waals surface area contributed by atoms with Gasteiger partial charge in [0.25, 0.3) is 0 Å². The lowest BCUT2D eigenvalue weighted by molar-refractivity contribution is 0.0691. The number of hydrogen-bond donors (Lipinski definition) is 3. The maximum atomic E-state index is 11.7. The fourth-order valence-corrected chi connectivity index (χ4v) is 3.12. The molecular weight excluding hydrogens is 278 g/mol. The Morgan fingerprint density at radius 2 is 2.10 bits per heavy atom. The van der Waals surface area contributed by atoms with Crippen LogP contribution in [0.4, 0.5) is 4.79 Å². The normalized spacial score (nSPS) is 16.9. The molecule has 1 aromatic heterocycles. The zero-order valence-electron chi connectivity index (χ0n) is 11.4. The molecule has 0 atom stereocenters. The molecule has 0 aliphatic heterocycles. The van der Waals surface area contributed by atoms with E-state index >= 15 is 0 Å². The minimum absolute atomic E-state index is 0.0191. The second-order valence-corrected chi connectivity index (χ2v) is 6.43. The molecule has 1 saturated carbocycles.